The van der Waals surface area contributed by atoms with E-state index in [0.29, 0.717) is 6.04 Å². The van der Waals surface area contributed by atoms with Crippen LogP contribution in [0.15, 0.2) is 18.2 Å². The quantitative estimate of drug-likeness (QED) is 0.779. The molecule has 0 fully saturated rings. The van der Waals surface area contributed by atoms with Crippen molar-refractivity contribution in [3.8, 4) is 0 Å². The molecule has 1 N–H and O–H groups in total. The van der Waals surface area contributed by atoms with E-state index in [0.717, 1.165) is 30.2 Å². The van der Waals surface area contributed by atoms with E-state index in [4.69, 9.17) is 11.6 Å². The molecular formula is C14H23ClN2. The molecule has 0 aliphatic carbocycles. The number of hydrogen-bond donors (Lipinski definition) is 1. The summed E-state index contributed by atoms with van der Waals surface area (Å²) in [5.74, 6) is 0. The second-order valence-electron chi connectivity index (χ2n) is 4.67. The molecule has 0 bridgehead atoms. The van der Waals surface area contributed by atoms with Crippen molar-refractivity contribution in [2.75, 3.05) is 18.5 Å². The van der Waals surface area contributed by atoms with Crippen LogP contribution in [0.2, 0.25) is 5.02 Å². The Morgan fingerprint density at radius 1 is 1.35 bits per heavy atom. The maximum absolute atomic E-state index is 6.31. The van der Waals surface area contributed by atoms with Gasteiger partial charge < -0.3 is 10.2 Å². The van der Waals surface area contributed by atoms with E-state index in [-0.39, 0.29) is 0 Å². The van der Waals surface area contributed by atoms with Gasteiger partial charge in [-0.25, -0.2) is 0 Å². The predicted octanol–water partition coefficient (Wildman–Crippen LogP) is 3.68. The Kier molecular flexibility index (Phi) is 5.79. The summed E-state index contributed by atoms with van der Waals surface area (Å²) in [6.45, 7) is 8.42. The molecule has 17 heavy (non-hydrogen) atoms. The maximum Gasteiger partial charge on any atom is 0.0642 e. The van der Waals surface area contributed by atoms with Crippen molar-refractivity contribution in [2.24, 2.45) is 0 Å². The highest BCUT2D eigenvalue weighted by Gasteiger charge is 2.09. The Morgan fingerprint density at radius 2 is 2.06 bits per heavy atom. The molecule has 0 heterocycles. The zero-order valence-electron chi connectivity index (χ0n) is 11.3. The number of nitrogens with one attached hydrogen (secondary N) is 1. The Bertz CT molecular complexity index is 350. The largest absolute Gasteiger partial charge is 0.371 e. The molecule has 0 saturated carbocycles. The Hall–Kier alpha value is -0.730. The molecule has 96 valence electrons. The van der Waals surface area contributed by atoms with Crippen LogP contribution in [0.1, 0.15) is 32.8 Å². The average molecular weight is 255 g/mol. The summed E-state index contributed by atoms with van der Waals surface area (Å²) >= 11 is 6.31. The average Bonchev–Trinajstić information content (AvgIpc) is 2.28. The second kappa shape index (κ2) is 6.87. The molecule has 2 nitrogen and oxygen atoms in total. The van der Waals surface area contributed by atoms with Crippen LogP contribution in [0.25, 0.3) is 0 Å². The summed E-state index contributed by atoms with van der Waals surface area (Å²) in [6, 6.07) is 6.75. The molecule has 0 saturated heterocycles. The summed E-state index contributed by atoms with van der Waals surface area (Å²) in [5, 5.41) is 4.21. The molecule has 0 amide bonds. The third-order valence-corrected chi connectivity index (χ3v) is 3.23. The highest BCUT2D eigenvalue weighted by molar-refractivity contribution is 6.33. The summed E-state index contributed by atoms with van der Waals surface area (Å²) in [4.78, 5) is 2.19. The molecule has 1 aromatic rings. The minimum Gasteiger partial charge on any atom is -0.371 e. The van der Waals surface area contributed by atoms with E-state index in [1.165, 1.54) is 5.56 Å². The van der Waals surface area contributed by atoms with Crippen LogP contribution in [-0.4, -0.2) is 19.6 Å². The molecule has 3 heteroatoms. The van der Waals surface area contributed by atoms with Crippen LogP contribution in [0, 0.1) is 0 Å². The summed E-state index contributed by atoms with van der Waals surface area (Å²) in [6.07, 6.45) is 1.15. The van der Waals surface area contributed by atoms with Crippen LogP contribution in [0.3, 0.4) is 0 Å². The van der Waals surface area contributed by atoms with Gasteiger partial charge in [-0.15, -0.1) is 0 Å². The van der Waals surface area contributed by atoms with Gasteiger partial charge in [0.05, 0.1) is 10.7 Å². The lowest BCUT2D eigenvalue weighted by molar-refractivity contribution is 0.675. The lowest BCUT2D eigenvalue weighted by Crippen LogP contribution is -2.25. The van der Waals surface area contributed by atoms with Crippen LogP contribution in [-0.2, 0) is 6.54 Å². The zero-order valence-corrected chi connectivity index (χ0v) is 12.0. The first kappa shape index (κ1) is 14.3. The minimum absolute atomic E-state index is 0.455. The summed E-state index contributed by atoms with van der Waals surface area (Å²) < 4.78 is 0. The van der Waals surface area contributed by atoms with E-state index < -0.39 is 0 Å². The van der Waals surface area contributed by atoms with Gasteiger partial charge in [-0.2, -0.15) is 0 Å². The van der Waals surface area contributed by atoms with Gasteiger partial charge >= 0.3 is 0 Å². The van der Waals surface area contributed by atoms with Gasteiger partial charge in [-0.05, 0) is 44.5 Å². The molecule has 0 radical (unpaired) electrons. The first-order chi connectivity index (χ1) is 8.06. The van der Waals surface area contributed by atoms with Gasteiger partial charge in [0, 0.05) is 19.6 Å². The lowest BCUT2D eigenvalue weighted by atomic mass is 10.1. The topological polar surface area (TPSA) is 15.3 Å². The van der Waals surface area contributed by atoms with Crippen molar-refractivity contribution in [1.29, 1.82) is 0 Å². The van der Waals surface area contributed by atoms with Crippen molar-refractivity contribution in [3.05, 3.63) is 28.8 Å². The third-order valence-electron chi connectivity index (χ3n) is 2.92. The van der Waals surface area contributed by atoms with Gasteiger partial charge in [0.2, 0.25) is 0 Å². The van der Waals surface area contributed by atoms with Crippen LogP contribution < -0.4 is 10.2 Å². The van der Waals surface area contributed by atoms with Gasteiger partial charge in [0.1, 0.15) is 0 Å². The maximum atomic E-state index is 6.31. The SMILES string of the molecule is CCCNCc1ccc(N(C)C(C)C)c(Cl)c1. The molecule has 0 spiro atoms. The van der Waals surface area contributed by atoms with E-state index in [9.17, 15) is 0 Å². The molecule has 0 unspecified atom stereocenters. The molecule has 0 atom stereocenters. The van der Waals surface area contributed by atoms with Crippen molar-refractivity contribution in [1.82, 2.24) is 5.32 Å². The summed E-state index contributed by atoms with van der Waals surface area (Å²) in [5.41, 5.74) is 2.34. The first-order valence-electron chi connectivity index (χ1n) is 6.28. The number of hydrogen-bond acceptors (Lipinski definition) is 2. The van der Waals surface area contributed by atoms with E-state index in [1.807, 2.05) is 0 Å². The van der Waals surface area contributed by atoms with E-state index in [2.05, 4.69) is 56.2 Å². The number of anilines is 1. The van der Waals surface area contributed by atoms with Gasteiger partial charge in [0.15, 0.2) is 0 Å². The smallest absolute Gasteiger partial charge is 0.0642 e. The monoisotopic (exact) mass is 254 g/mol. The second-order valence-corrected chi connectivity index (χ2v) is 5.07. The number of halogens is 1. The third kappa shape index (κ3) is 4.21. The molecular weight excluding hydrogens is 232 g/mol. The van der Waals surface area contributed by atoms with Crippen LogP contribution in [0.4, 0.5) is 5.69 Å². The van der Waals surface area contributed by atoms with Gasteiger partial charge in [0.25, 0.3) is 0 Å². The van der Waals surface area contributed by atoms with E-state index >= 15 is 0 Å². The molecule has 0 aliphatic rings. The van der Waals surface area contributed by atoms with Crippen molar-refractivity contribution in [3.63, 3.8) is 0 Å². The van der Waals surface area contributed by atoms with Crippen molar-refractivity contribution >= 4 is 17.3 Å². The van der Waals surface area contributed by atoms with Gasteiger partial charge in [-0.3, -0.25) is 0 Å². The number of nitrogens with zero attached hydrogens (tertiary/aromatic N) is 1. The molecule has 1 rings (SSSR count). The first-order valence-corrected chi connectivity index (χ1v) is 6.66. The fourth-order valence-electron chi connectivity index (χ4n) is 1.63. The van der Waals surface area contributed by atoms with Crippen molar-refractivity contribution in [2.45, 2.75) is 39.8 Å². The van der Waals surface area contributed by atoms with Crippen LogP contribution in [0.5, 0.6) is 0 Å². The standard InChI is InChI=1S/C14H23ClN2/c1-5-8-16-10-12-6-7-14(13(15)9-12)17(4)11(2)3/h6-7,9,11,16H,5,8,10H2,1-4H3. The number of rotatable bonds is 6. The predicted molar refractivity (Wildman–Crippen MR) is 77.0 cm³/mol. The Balaban J connectivity index is 2.72. The fraction of sp³-hybridized carbons (Fsp3) is 0.571. The normalized spacial score (nSPS) is 10.9. The van der Waals surface area contributed by atoms with Gasteiger partial charge in [-0.1, -0.05) is 24.6 Å². The Morgan fingerprint density at radius 3 is 2.59 bits per heavy atom. The highest BCUT2D eigenvalue weighted by atomic mass is 35.5. The molecule has 0 aliphatic heterocycles. The highest BCUT2D eigenvalue weighted by Crippen LogP contribution is 2.27. The fourth-order valence-corrected chi connectivity index (χ4v) is 1.97. The molecule has 1 aromatic carbocycles. The summed E-state index contributed by atoms with van der Waals surface area (Å²) in [7, 11) is 2.07. The zero-order chi connectivity index (χ0) is 12.8. The van der Waals surface area contributed by atoms with Crippen molar-refractivity contribution < 1.29 is 0 Å². The molecule has 0 aromatic heterocycles. The van der Waals surface area contributed by atoms with E-state index in [1.54, 1.807) is 0 Å². The lowest BCUT2D eigenvalue weighted by Gasteiger charge is -2.25. The van der Waals surface area contributed by atoms with Crippen LogP contribution >= 0.6 is 11.6 Å². The minimum atomic E-state index is 0.455. The number of benzene rings is 1. The Labute approximate surface area is 110 Å².